The van der Waals surface area contributed by atoms with Gasteiger partial charge in [0.1, 0.15) is 6.61 Å². The number of alkyl carbamates (subject to hydrolysis) is 1. The quantitative estimate of drug-likeness (QED) is 0.436. The lowest BCUT2D eigenvalue weighted by atomic mass is 10.5. The van der Waals surface area contributed by atoms with E-state index < -0.39 is 0 Å². The predicted octanol–water partition coefficient (Wildman–Crippen LogP) is 1.68. The Hall–Kier alpha value is -0.510. The second-order valence-corrected chi connectivity index (χ2v) is 2.65. The smallest absolute Gasteiger partial charge is 0.407 e. The average molecular weight is 222 g/mol. The summed E-state index contributed by atoms with van der Waals surface area (Å²) in [4.78, 5) is 10.7. The van der Waals surface area contributed by atoms with E-state index in [4.69, 9.17) is 0 Å². The van der Waals surface area contributed by atoms with Crippen LogP contribution >= 0.6 is 15.9 Å². The number of alkyl halides is 1. The Balaban J connectivity index is 3.15. The zero-order chi connectivity index (χ0) is 8.53. The van der Waals surface area contributed by atoms with Crippen LogP contribution in [-0.2, 0) is 4.74 Å². The van der Waals surface area contributed by atoms with Crippen LogP contribution in [0.3, 0.4) is 0 Å². The van der Waals surface area contributed by atoms with Crippen molar-refractivity contribution in [2.75, 3.05) is 18.5 Å². The number of rotatable bonds is 5. The molecule has 3 nitrogen and oxygen atoms in total. The van der Waals surface area contributed by atoms with Crippen LogP contribution in [0.5, 0.6) is 0 Å². The molecule has 0 aliphatic carbocycles. The first-order chi connectivity index (χ1) is 5.31. The first-order valence-corrected chi connectivity index (χ1v) is 4.51. The maximum absolute atomic E-state index is 10.7. The fourth-order valence-corrected chi connectivity index (χ4v) is 0.723. The van der Waals surface area contributed by atoms with Crippen LogP contribution in [0.2, 0.25) is 0 Å². The van der Waals surface area contributed by atoms with Gasteiger partial charge in [-0.3, -0.25) is 0 Å². The Morgan fingerprint density at radius 3 is 3.00 bits per heavy atom. The molecule has 0 saturated heterocycles. The van der Waals surface area contributed by atoms with E-state index in [1.54, 1.807) is 0 Å². The van der Waals surface area contributed by atoms with E-state index in [1.165, 1.54) is 6.08 Å². The molecular weight excluding hydrogens is 210 g/mol. The minimum atomic E-state index is -0.383. The number of halogens is 1. The fraction of sp³-hybridized carbons (Fsp3) is 0.571. The van der Waals surface area contributed by atoms with Crippen molar-refractivity contribution in [3.8, 4) is 0 Å². The molecule has 0 unspecified atom stereocenters. The van der Waals surface area contributed by atoms with Gasteiger partial charge in [-0.2, -0.15) is 0 Å². The third-order valence-electron chi connectivity index (χ3n) is 0.912. The zero-order valence-corrected chi connectivity index (χ0v) is 7.89. The first kappa shape index (κ1) is 10.5. The summed E-state index contributed by atoms with van der Waals surface area (Å²) in [5.74, 6) is 0. The van der Waals surface area contributed by atoms with Crippen molar-refractivity contribution in [1.82, 2.24) is 5.32 Å². The monoisotopic (exact) mass is 221 g/mol. The summed E-state index contributed by atoms with van der Waals surface area (Å²) in [5.41, 5.74) is 0. The maximum Gasteiger partial charge on any atom is 0.407 e. The molecule has 11 heavy (non-hydrogen) atoms. The molecular formula is C7H12BrNO2. The first-order valence-electron chi connectivity index (χ1n) is 3.38. The molecule has 0 heterocycles. The molecule has 0 saturated carbocycles. The highest BCUT2D eigenvalue weighted by Gasteiger charge is 1.96. The van der Waals surface area contributed by atoms with Crippen LogP contribution in [0.25, 0.3) is 0 Å². The van der Waals surface area contributed by atoms with Crippen molar-refractivity contribution in [1.29, 1.82) is 0 Å². The fourth-order valence-electron chi connectivity index (χ4n) is 0.443. The van der Waals surface area contributed by atoms with Crippen LogP contribution in [0.1, 0.15) is 6.42 Å². The summed E-state index contributed by atoms with van der Waals surface area (Å²) < 4.78 is 4.65. The van der Waals surface area contributed by atoms with Gasteiger partial charge in [-0.25, -0.2) is 4.79 Å². The molecule has 0 aromatic rings. The molecule has 0 radical (unpaired) electrons. The molecule has 0 bridgehead atoms. The van der Waals surface area contributed by atoms with Crippen molar-refractivity contribution in [3.63, 3.8) is 0 Å². The van der Waals surface area contributed by atoms with E-state index in [0.717, 1.165) is 11.8 Å². The van der Waals surface area contributed by atoms with E-state index in [1.807, 2.05) is 0 Å². The third-order valence-corrected chi connectivity index (χ3v) is 1.47. The average Bonchev–Trinajstić information content (AvgIpc) is 2.01. The van der Waals surface area contributed by atoms with E-state index in [2.05, 4.69) is 32.6 Å². The van der Waals surface area contributed by atoms with Crippen molar-refractivity contribution < 1.29 is 9.53 Å². The number of carbonyl (C=O) groups is 1. The molecule has 0 fully saturated rings. The topological polar surface area (TPSA) is 38.3 Å². The van der Waals surface area contributed by atoms with Crippen LogP contribution in [0, 0.1) is 0 Å². The molecule has 0 aliphatic heterocycles. The molecule has 64 valence electrons. The van der Waals surface area contributed by atoms with Crippen LogP contribution in [0.15, 0.2) is 12.7 Å². The molecule has 1 N–H and O–H groups in total. The van der Waals surface area contributed by atoms with Gasteiger partial charge in [-0.15, -0.1) is 0 Å². The SMILES string of the molecule is C=CCOC(=O)NCCCBr. The van der Waals surface area contributed by atoms with Gasteiger partial charge in [-0.1, -0.05) is 28.6 Å². The van der Waals surface area contributed by atoms with Gasteiger partial charge in [0.05, 0.1) is 0 Å². The molecule has 0 rings (SSSR count). The van der Waals surface area contributed by atoms with Crippen LogP contribution in [0.4, 0.5) is 4.79 Å². The lowest BCUT2D eigenvalue weighted by molar-refractivity contribution is 0.158. The van der Waals surface area contributed by atoms with Crippen molar-refractivity contribution in [2.45, 2.75) is 6.42 Å². The lowest BCUT2D eigenvalue weighted by Crippen LogP contribution is -2.25. The summed E-state index contributed by atoms with van der Waals surface area (Å²) in [6.07, 6.45) is 2.05. The Kier molecular flexibility index (Phi) is 7.24. The van der Waals surface area contributed by atoms with Crippen LogP contribution < -0.4 is 5.32 Å². The Labute approximate surface area is 74.9 Å². The van der Waals surface area contributed by atoms with Gasteiger partial charge in [-0.05, 0) is 6.42 Å². The molecule has 0 aromatic carbocycles. The summed E-state index contributed by atoms with van der Waals surface area (Å²) in [6.45, 7) is 4.32. The Morgan fingerprint density at radius 1 is 1.73 bits per heavy atom. The summed E-state index contributed by atoms with van der Waals surface area (Å²) in [5, 5.41) is 3.46. The number of ether oxygens (including phenoxy) is 1. The van der Waals surface area contributed by atoms with E-state index >= 15 is 0 Å². The molecule has 0 spiro atoms. The van der Waals surface area contributed by atoms with Gasteiger partial charge in [0, 0.05) is 11.9 Å². The van der Waals surface area contributed by atoms with Gasteiger partial charge >= 0.3 is 6.09 Å². The predicted molar refractivity (Wildman–Crippen MR) is 48.0 cm³/mol. The lowest BCUT2D eigenvalue weighted by Gasteiger charge is -2.02. The minimum absolute atomic E-state index is 0.264. The van der Waals surface area contributed by atoms with Crippen molar-refractivity contribution in [2.24, 2.45) is 0 Å². The summed E-state index contributed by atoms with van der Waals surface area (Å²) in [6, 6.07) is 0. The molecule has 4 heteroatoms. The van der Waals surface area contributed by atoms with Gasteiger partial charge in [0.2, 0.25) is 0 Å². The Morgan fingerprint density at radius 2 is 2.45 bits per heavy atom. The third kappa shape index (κ3) is 7.39. The summed E-state index contributed by atoms with van der Waals surface area (Å²) >= 11 is 3.24. The number of hydrogen-bond acceptors (Lipinski definition) is 2. The highest BCUT2D eigenvalue weighted by Crippen LogP contribution is 1.85. The second-order valence-electron chi connectivity index (χ2n) is 1.86. The number of nitrogens with one attached hydrogen (secondary N) is 1. The number of amides is 1. The van der Waals surface area contributed by atoms with Crippen molar-refractivity contribution >= 4 is 22.0 Å². The highest BCUT2D eigenvalue weighted by atomic mass is 79.9. The number of hydrogen-bond donors (Lipinski definition) is 1. The molecule has 1 amide bonds. The van der Waals surface area contributed by atoms with E-state index in [9.17, 15) is 4.79 Å². The molecule has 0 aliphatic rings. The minimum Gasteiger partial charge on any atom is -0.445 e. The van der Waals surface area contributed by atoms with Crippen LogP contribution in [-0.4, -0.2) is 24.6 Å². The highest BCUT2D eigenvalue weighted by molar-refractivity contribution is 9.09. The molecule has 0 aromatic heterocycles. The van der Waals surface area contributed by atoms with Gasteiger partial charge in [0.15, 0.2) is 0 Å². The second kappa shape index (κ2) is 7.60. The van der Waals surface area contributed by atoms with E-state index in [0.29, 0.717) is 6.54 Å². The summed E-state index contributed by atoms with van der Waals surface area (Å²) in [7, 11) is 0. The molecule has 0 atom stereocenters. The van der Waals surface area contributed by atoms with Gasteiger partial charge < -0.3 is 10.1 Å². The number of carbonyl (C=O) groups excluding carboxylic acids is 1. The zero-order valence-electron chi connectivity index (χ0n) is 6.31. The standard InChI is InChI=1S/C7H12BrNO2/c1-2-6-11-7(10)9-5-3-4-8/h2H,1,3-6H2,(H,9,10). The van der Waals surface area contributed by atoms with Crippen molar-refractivity contribution in [3.05, 3.63) is 12.7 Å². The Bertz CT molecular complexity index is 128. The van der Waals surface area contributed by atoms with E-state index in [-0.39, 0.29) is 12.7 Å². The van der Waals surface area contributed by atoms with Gasteiger partial charge in [0.25, 0.3) is 0 Å². The maximum atomic E-state index is 10.7. The largest absolute Gasteiger partial charge is 0.445 e. The normalized spacial score (nSPS) is 8.82.